The summed E-state index contributed by atoms with van der Waals surface area (Å²) in [4.78, 5) is 4.66. The molecule has 4 heteroatoms. The van der Waals surface area contributed by atoms with Crippen LogP contribution in [0.25, 0.3) is 10.2 Å². The SMILES string of the molecule is COc1ccc2nc(CCNc3ccccc3C)sc2c1. The zero-order valence-electron chi connectivity index (χ0n) is 12.2. The molecule has 0 saturated heterocycles. The minimum atomic E-state index is 0.885. The molecule has 0 amide bonds. The highest BCUT2D eigenvalue weighted by Gasteiger charge is 2.05. The van der Waals surface area contributed by atoms with Crippen LogP contribution in [-0.2, 0) is 6.42 Å². The Hall–Kier alpha value is -2.07. The van der Waals surface area contributed by atoms with Gasteiger partial charge in [0.1, 0.15) is 5.75 Å². The molecule has 0 saturated carbocycles. The van der Waals surface area contributed by atoms with Crippen LogP contribution in [0.15, 0.2) is 42.5 Å². The van der Waals surface area contributed by atoms with Gasteiger partial charge in [-0.3, -0.25) is 0 Å². The Balaban J connectivity index is 1.67. The summed E-state index contributed by atoms with van der Waals surface area (Å²) in [6.07, 6.45) is 0.927. The van der Waals surface area contributed by atoms with E-state index in [0.717, 1.165) is 29.2 Å². The molecule has 21 heavy (non-hydrogen) atoms. The lowest BCUT2D eigenvalue weighted by molar-refractivity contribution is 0.415. The van der Waals surface area contributed by atoms with Gasteiger partial charge in [-0.25, -0.2) is 4.98 Å². The highest BCUT2D eigenvalue weighted by Crippen LogP contribution is 2.26. The number of hydrogen-bond donors (Lipinski definition) is 1. The fourth-order valence-electron chi connectivity index (χ4n) is 2.26. The molecule has 0 aliphatic rings. The topological polar surface area (TPSA) is 34.1 Å². The van der Waals surface area contributed by atoms with Crippen molar-refractivity contribution in [1.29, 1.82) is 0 Å². The lowest BCUT2D eigenvalue weighted by Crippen LogP contribution is -2.05. The summed E-state index contributed by atoms with van der Waals surface area (Å²) in [7, 11) is 1.69. The van der Waals surface area contributed by atoms with Gasteiger partial charge < -0.3 is 10.1 Å². The smallest absolute Gasteiger partial charge is 0.120 e. The van der Waals surface area contributed by atoms with Gasteiger partial charge in [0.05, 0.1) is 22.3 Å². The van der Waals surface area contributed by atoms with Crippen LogP contribution < -0.4 is 10.1 Å². The van der Waals surface area contributed by atoms with Crippen molar-refractivity contribution in [3.05, 3.63) is 53.0 Å². The summed E-state index contributed by atoms with van der Waals surface area (Å²) in [6, 6.07) is 14.4. The predicted molar refractivity (Wildman–Crippen MR) is 89.5 cm³/mol. The van der Waals surface area contributed by atoms with Gasteiger partial charge in [-0.05, 0) is 36.8 Å². The molecule has 3 rings (SSSR count). The van der Waals surface area contributed by atoms with Crippen molar-refractivity contribution in [2.24, 2.45) is 0 Å². The zero-order chi connectivity index (χ0) is 14.7. The molecule has 0 spiro atoms. The van der Waals surface area contributed by atoms with E-state index in [4.69, 9.17) is 4.74 Å². The van der Waals surface area contributed by atoms with Gasteiger partial charge in [0.2, 0.25) is 0 Å². The van der Waals surface area contributed by atoms with Crippen molar-refractivity contribution in [2.45, 2.75) is 13.3 Å². The van der Waals surface area contributed by atoms with E-state index in [1.807, 2.05) is 18.2 Å². The average molecular weight is 298 g/mol. The summed E-state index contributed by atoms with van der Waals surface area (Å²) in [6.45, 7) is 3.01. The molecule has 0 aliphatic carbocycles. The third-order valence-corrected chi connectivity index (χ3v) is 4.52. The number of anilines is 1. The number of rotatable bonds is 5. The summed E-state index contributed by atoms with van der Waals surface area (Å²) in [5, 5.41) is 4.62. The first kappa shape index (κ1) is 13.9. The van der Waals surface area contributed by atoms with Gasteiger partial charge in [-0.1, -0.05) is 18.2 Å². The number of methoxy groups -OCH3 is 1. The molecule has 3 nitrogen and oxygen atoms in total. The molecular weight excluding hydrogens is 280 g/mol. The van der Waals surface area contributed by atoms with E-state index < -0.39 is 0 Å². The molecule has 0 fully saturated rings. The van der Waals surface area contributed by atoms with Crippen molar-refractivity contribution in [1.82, 2.24) is 4.98 Å². The van der Waals surface area contributed by atoms with Crippen molar-refractivity contribution >= 4 is 27.2 Å². The average Bonchev–Trinajstić information content (AvgIpc) is 2.90. The largest absolute Gasteiger partial charge is 0.497 e. The number of nitrogens with one attached hydrogen (secondary N) is 1. The van der Waals surface area contributed by atoms with E-state index in [1.165, 1.54) is 16.0 Å². The fourth-order valence-corrected chi connectivity index (χ4v) is 3.26. The number of fused-ring (bicyclic) bond motifs is 1. The highest BCUT2D eigenvalue weighted by atomic mass is 32.1. The van der Waals surface area contributed by atoms with Crippen molar-refractivity contribution < 1.29 is 4.74 Å². The molecular formula is C17H18N2OS. The van der Waals surface area contributed by atoms with Crippen molar-refractivity contribution in [3.8, 4) is 5.75 Å². The number of ether oxygens (including phenoxy) is 1. The van der Waals surface area contributed by atoms with Gasteiger partial charge in [0.25, 0.3) is 0 Å². The van der Waals surface area contributed by atoms with Gasteiger partial charge in [-0.2, -0.15) is 0 Å². The summed E-state index contributed by atoms with van der Waals surface area (Å²) >= 11 is 1.74. The van der Waals surface area contributed by atoms with Crippen LogP contribution in [0.1, 0.15) is 10.6 Å². The molecule has 1 aromatic heterocycles. The third kappa shape index (κ3) is 3.16. The molecule has 0 atom stereocenters. The van der Waals surface area contributed by atoms with E-state index in [0.29, 0.717) is 0 Å². The molecule has 0 aliphatic heterocycles. The van der Waals surface area contributed by atoms with E-state index in [1.54, 1.807) is 18.4 Å². The maximum absolute atomic E-state index is 5.25. The van der Waals surface area contributed by atoms with Crippen LogP contribution in [-0.4, -0.2) is 18.6 Å². The molecule has 0 unspecified atom stereocenters. The summed E-state index contributed by atoms with van der Waals surface area (Å²) < 4.78 is 6.43. The maximum Gasteiger partial charge on any atom is 0.120 e. The normalized spacial score (nSPS) is 10.8. The van der Waals surface area contributed by atoms with Gasteiger partial charge >= 0.3 is 0 Å². The Kier molecular flexibility index (Phi) is 4.06. The predicted octanol–water partition coefficient (Wildman–Crippen LogP) is 4.27. The molecule has 0 radical (unpaired) electrons. The fraction of sp³-hybridized carbons (Fsp3) is 0.235. The van der Waals surface area contributed by atoms with Crippen molar-refractivity contribution in [2.75, 3.05) is 19.0 Å². The molecule has 2 aromatic carbocycles. The Morgan fingerprint density at radius 1 is 1.19 bits per heavy atom. The Morgan fingerprint density at radius 3 is 2.86 bits per heavy atom. The van der Waals surface area contributed by atoms with Gasteiger partial charge in [0, 0.05) is 18.7 Å². The van der Waals surface area contributed by atoms with Gasteiger partial charge in [0.15, 0.2) is 0 Å². The first-order chi connectivity index (χ1) is 10.3. The second-order valence-electron chi connectivity index (χ2n) is 4.93. The van der Waals surface area contributed by atoms with E-state index in [2.05, 4.69) is 41.5 Å². The lowest BCUT2D eigenvalue weighted by atomic mass is 10.2. The Bertz CT molecular complexity index is 751. The number of para-hydroxylation sites is 1. The number of aromatic nitrogens is 1. The van der Waals surface area contributed by atoms with Crippen molar-refractivity contribution in [3.63, 3.8) is 0 Å². The summed E-state index contributed by atoms with van der Waals surface area (Å²) in [5.74, 6) is 0.885. The second-order valence-corrected chi connectivity index (χ2v) is 6.05. The lowest BCUT2D eigenvalue weighted by Gasteiger charge is -2.07. The quantitative estimate of drug-likeness (QED) is 0.764. The van der Waals surface area contributed by atoms with Crippen LogP contribution in [0.4, 0.5) is 5.69 Å². The highest BCUT2D eigenvalue weighted by molar-refractivity contribution is 7.18. The van der Waals surface area contributed by atoms with Crippen LogP contribution in [0.3, 0.4) is 0 Å². The number of aryl methyl sites for hydroxylation is 1. The van der Waals surface area contributed by atoms with Crippen LogP contribution in [0.5, 0.6) is 5.75 Å². The molecule has 3 aromatic rings. The van der Waals surface area contributed by atoms with E-state index in [9.17, 15) is 0 Å². The summed E-state index contributed by atoms with van der Waals surface area (Å²) in [5.41, 5.74) is 3.51. The molecule has 0 bridgehead atoms. The molecule has 1 N–H and O–H groups in total. The standard InChI is InChI=1S/C17H18N2OS/c1-12-5-3-4-6-14(12)18-10-9-17-19-15-8-7-13(20-2)11-16(15)21-17/h3-8,11,18H,9-10H2,1-2H3. The number of benzene rings is 2. The number of hydrogen-bond acceptors (Lipinski definition) is 4. The zero-order valence-corrected chi connectivity index (χ0v) is 13.0. The first-order valence-corrected chi connectivity index (χ1v) is 7.81. The van der Waals surface area contributed by atoms with E-state index >= 15 is 0 Å². The van der Waals surface area contributed by atoms with Crippen LogP contribution in [0.2, 0.25) is 0 Å². The number of thiazole rings is 1. The molecule has 108 valence electrons. The third-order valence-electron chi connectivity index (χ3n) is 3.44. The van der Waals surface area contributed by atoms with E-state index in [-0.39, 0.29) is 0 Å². The minimum absolute atomic E-state index is 0.885. The minimum Gasteiger partial charge on any atom is -0.497 e. The monoisotopic (exact) mass is 298 g/mol. The van der Waals surface area contributed by atoms with Crippen LogP contribution in [0, 0.1) is 6.92 Å². The Labute approximate surface area is 128 Å². The number of nitrogens with zero attached hydrogens (tertiary/aromatic N) is 1. The van der Waals surface area contributed by atoms with Crippen LogP contribution >= 0.6 is 11.3 Å². The van der Waals surface area contributed by atoms with Gasteiger partial charge in [-0.15, -0.1) is 11.3 Å². The maximum atomic E-state index is 5.25. The second kappa shape index (κ2) is 6.14. The molecule has 1 heterocycles. The first-order valence-electron chi connectivity index (χ1n) is 6.99. The Morgan fingerprint density at radius 2 is 2.05 bits per heavy atom.